The number of halogens is 1. The molecule has 1 amide bonds. The van der Waals surface area contributed by atoms with Gasteiger partial charge < -0.3 is 19.2 Å². The molecule has 2 aromatic rings. The molecule has 0 saturated carbocycles. The summed E-state index contributed by atoms with van der Waals surface area (Å²) in [7, 11) is 1.23. The maximum atomic E-state index is 13.9. The Balaban J connectivity index is 1.71. The van der Waals surface area contributed by atoms with Crippen LogP contribution in [0.1, 0.15) is 29.1 Å². The lowest BCUT2D eigenvalue weighted by molar-refractivity contribution is -0.154. The summed E-state index contributed by atoms with van der Waals surface area (Å²) in [5.74, 6) is -1.34. The number of aryl methyl sites for hydroxylation is 1. The predicted molar refractivity (Wildman–Crippen MR) is 93.3 cm³/mol. The van der Waals surface area contributed by atoms with Gasteiger partial charge in [0.05, 0.1) is 12.7 Å². The van der Waals surface area contributed by atoms with Gasteiger partial charge in [-0.3, -0.25) is 4.79 Å². The number of esters is 1. The zero-order valence-electron chi connectivity index (χ0n) is 15.1. The highest BCUT2D eigenvalue weighted by atomic mass is 19.1. The van der Waals surface area contributed by atoms with Crippen LogP contribution < -0.4 is 0 Å². The molecule has 1 fully saturated rings. The summed E-state index contributed by atoms with van der Waals surface area (Å²) in [5, 5.41) is 9.94. The summed E-state index contributed by atoms with van der Waals surface area (Å²) >= 11 is 0. The number of amides is 1. The van der Waals surface area contributed by atoms with E-state index in [2.05, 4.69) is 9.72 Å². The summed E-state index contributed by atoms with van der Waals surface area (Å²) in [6.07, 6.45) is -0.244. The molecule has 1 aliphatic rings. The first-order valence-corrected chi connectivity index (χ1v) is 8.70. The van der Waals surface area contributed by atoms with E-state index in [1.54, 1.807) is 24.0 Å². The Morgan fingerprint density at radius 1 is 1.33 bits per heavy atom. The summed E-state index contributed by atoms with van der Waals surface area (Å²) in [4.78, 5) is 30.0. The molecule has 0 unspecified atom stereocenters. The van der Waals surface area contributed by atoms with Crippen molar-refractivity contribution in [3.05, 3.63) is 41.5 Å². The number of likely N-dealkylation sites (tertiary alicyclic amines) is 1. The predicted octanol–water partition coefficient (Wildman–Crippen LogP) is 2.18. The molecule has 27 heavy (non-hydrogen) atoms. The van der Waals surface area contributed by atoms with Crippen LogP contribution in [0, 0.1) is 18.7 Å². The molecule has 1 aromatic carbocycles. The first kappa shape index (κ1) is 19.0. The van der Waals surface area contributed by atoms with E-state index in [1.807, 2.05) is 0 Å². The third kappa shape index (κ3) is 3.85. The second-order valence-corrected chi connectivity index (χ2v) is 6.50. The molecule has 0 aliphatic carbocycles. The molecule has 1 saturated heterocycles. The molecule has 2 heterocycles. The highest BCUT2D eigenvalue weighted by Crippen LogP contribution is 2.27. The van der Waals surface area contributed by atoms with E-state index in [1.165, 1.54) is 19.2 Å². The number of nitrogens with zero attached hydrogens (tertiary/aromatic N) is 2. The zero-order valence-corrected chi connectivity index (χ0v) is 15.1. The van der Waals surface area contributed by atoms with E-state index in [-0.39, 0.29) is 29.0 Å². The van der Waals surface area contributed by atoms with Crippen LogP contribution in [0.25, 0.3) is 11.5 Å². The molecule has 144 valence electrons. The number of aromatic nitrogens is 1. The normalized spacial score (nSPS) is 16.2. The Hall–Kier alpha value is -2.74. The van der Waals surface area contributed by atoms with Crippen LogP contribution in [0.4, 0.5) is 4.39 Å². The fourth-order valence-corrected chi connectivity index (χ4v) is 3.23. The van der Waals surface area contributed by atoms with Gasteiger partial charge >= 0.3 is 5.97 Å². The average Bonchev–Trinajstić information content (AvgIpc) is 3.08. The molecule has 8 heteroatoms. The van der Waals surface area contributed by atoms with E-state index in [0.29, 0.717) is 31.7 Å². The van der Waals surface area contributed by atoms with Crippen molar-refractivity contribution in [2.75, 3.05) is 20.2 Å². The van der Waals surface area contributed by atoms with Crippen LogP contribution in [-0.2, 0) is 9.53 Å². The Kier molecular flexibility index (Phi) is 5.55. The van der Waals surface area contributed by atoms with Crippen LogP contribution in [0.3, 0.4) is 0 Å². The van der Waals surface area contributed by atoms with Crippen molar-refractivity contribution in [1.82, 2.24) is 9.88 Å². The molecule has 0 bridgehead atoms. The van der Waals surface area contributed by atoms with Crippen molar-refractivity contribution in [2.24, 2.45) is 5.92 Å². The van der Waals surface area contributed by atoms with Gasteiger partial charge in [-0.25, -0.2) is 14.2 Å². The number of hydrogen-bond acceptors (Lipinski definition) is 6. The number of methoxy groups -OCH3 is 1. The standard InChI is InChI=1S/C19H21FN2O5/c1-11-15(21-17(27-11)13-5-3-4-6-14(13)20)18(24)22-9-7-12(8-10-22)16(23)19(25)26-2/h3-6,12,16,23H,7-10H2,1-2H3/t16-/m1/s1. The van der Waals surface area contributed by atoms with Crippen molar-refractivity contribution in [2.45, 2.75) is 25.9 Å². The van der Waals surface area contributed by atoms with Gasteiger partial charge in [0, 0.05) is 13.1 Å². The molecule has 7 nitrogen and oxygen atoms in total. The topological polar surface area (TPSA) is 92.9 Å². The van der Waals surface area contributed by atoms with Gasteiger partial charge in [0.15, 0.2) is 11.8 Å². The average molecular weight is 376 g/mol. The molecule has 0 radical (unpaired) electrons. The number of rotatable bonds is 4. The molecule has 1 N–H and O–H groups in total. The molecular formula is C19H21FN2O5. The molecule has 1 atom stereocenters. The largest absolute Gasteiger partial charge is 0.467 e. The van der Waals surface area contributed by atoms with Crippen molar-refractivity contribution in [1.29, 1.82) is 0 Å². The number of hydrogen-bond donors (Lipinski definition) is 1. The summed E-state index contributed by atoms with van der Waals surface area (Å²) in [6, 6.07) is 6.06. The van der Waals surface area contributed by atoms with Crippen molar-refractivity contribution in [3.8, 4) is 11.5 Å². The Morgan fingerprint density at radius 2 is 2.00 bits per heavy atom. The van der Waals surface area contributed by atoms with Crippen LogP contribution in [0.2, 0.25) is 0 Å². The number of benzene rings is 1. The minimum atomic E-state index is -1.19. The SMILES string of the molecule is COC(=O)[C@H](O)C1CCN(C(=O)c2nc(-c3ccccc3F)oc2C)CC1. The number of aliphatic hydroxyl groups is 1. The van der Waals surface area contributed by atoms with Crippen molar-refractivity contribution in [3.63, 3.8) is 0 Å². The van der Waals surface area contributed by atoms with E-state index < -0.39 is 17.9 Å². The first-order valence-electron chi connectivity index (χ1n) is 8.70. The smallest absolute Gasteiger partial charge is 0.334 e. The van der Waals surface area contributed by atoms with Crippen LogP contribution >= 0.6 is 0 Å². The van der Waals surface area contributed by atoms with Crippen LogP contribution in [0.5, 0.6) is 0 Å². The van der Waals surface area contributed by atoms with Gasteiger partial charge in [-0.2, -0.15) is 0 Å². The first-order chi connectivity index (χ1) is 12.9. The van der Waals surface area contributed by atoms with Crippen LogP contribution in [-0.4, -0.2) is 53.2 Å². The maximum Gasteiger partial charge on any atom is 0.334 e. The highest BCUT2D eigenvalue weighted by Gasteiger charge is 2.33. The number of ether oxygens (including phenoxy) is 1. The molecular weight excluding hydrogens is 355 g/mol. The van der Waals surface area contributed by atoms with Gasteiger partial charge in [0.2, 0.25) is 5.89 Å². The molecule has 3 rings (SSSR count). The van der Waals surface area contributed by atoms with Gasteiger partial charge in [0.25, 0.3) is 5.91 Å². The third-order valence-corrected chi connectivity index (χ3v) is 4.82. The fourth-order valence-electron chi connectivity index (χ4n) is 3.23. The minimum Gasteiger partial charge on any atom is -0.467 e. The Labute approximate surface area is 155 Å². The lowest BCUT2D eigenvalue weighted by Gasteiger charge is -2.33. The zero-order chi connectivity index (χ0) is 19.6. The summed E-state index contributed by atoms with van der Waals surface area (Å²) < 4.78 is 24.0. The van der Waals surface area contributed by atoms with E-state index in [4.69, 9.17) is 4.42 Å². The lowest BCUT2D eigenvalue weighted by Crippen LogP contribution is -2.43. The fraction of sp³-hybridized carbons (Fsp3) is 0.421. The van der Waals surface area contributed by atoms with E-state index >= 15 is 0 Å². The Bertz CT molecular complexity index is 842. The third-order valence-electron chi connectivity index (χ3n) is 4.82. The second-order valence-electron chi connectivity index (χ2n) is 6.50. The molecule has 0 spiro atoms. The number of carbonyl (C=O) groups is 2. The number of carbonyl (C=O) groups excluding carboxylic acids is 2. The maximum absolute atomic E-state index is 13.9. The van der Waals surface area contributed by atoms with Gasteiger partial charge in [-0.1, -0.05) is 12.1 Å². The Morgan fingerprint density at radius 3 is 2.63 bits per heavy atom. The van der Waals surface area contributed by atoms with E-state index in [0.717, 1.165) is 0 Å². The van der Waals surface area contributed by atoms with Crippen molar-refractivity contribution >= 4 is 11.9 Å². The van der Waals surface area contributed by atoms with E-state index in [9.17, 15) is 19.1 Å². The molecule has 1 aromatic heterocycles. The minimum absolute atomic E-state index is 0.0601. The quantitative estimate of drug-likeness (QED) is 0.822. The summed E-state index contributed by atoms with van der Waals surface area (Å²) in [6.45, 7) is 2.36. The lowest BCUT2D eigenvalue weighted by atomic mass is 9.91. The number of aliphatic hydroxyl groups excluding tert-OH is 1. The van der Waals surface area contributed by atoms with Crippen molar-refractivity contribution < 1.29 is 28.2 Å². The summed E-state index contributed by atoms with van der Waals surface area (Å²) in [5.41, 5.74) is 0.333. The monoisotopic (exact) mass is 376 g/mol. The van der Waals surface area contributed by atoms with Gasteiger partial charge in [-0.05, 0) is 37.8 Å². The highest BCUT2D eigenvalue weighted by molar-refractivity contribution is 5.93. The van der Waals surface area contributed by atoms with Gasteiger partial charge in [0.1, 0.15) is 11.6 Å². The second kappa shape index (κ2) is 7.87. The van der Waals surface area contributed by atoms with Gasteiger partial charge in [-0.15, -0.1) is 0 Å². The van der Waals surface area contributed by atoms with Crippen LogP contribution in [0.15, 0.2) is 28.7 Å². The molecule has 1 aliphatic heterocycles. The number of oxazole rings is 1. The number of piperidine rings is 1.